The lowest BCUT2D eigenvalue weighted by Crippen LogP contribution is -2.14. The van der Waals surface area contributed by atoms with Crippen LogP contribution in [0.1, 0.15) is 162 Å². The summed E-state index contributed by atoms with van der Waals surface area (Å²) in [6.45, 7) is 6.64. The van der Waals surface area contributed by atoms with Gasteiger partial charge < -0.3 is 14.6 Å². The number of methoxy groups -OCH3 is 2. The second-order valence-electron chi connectivity index (χ2n) is 10.6. The van der Waals surface area contributed by atoms with Gasteiger partial charge in [-0.15, -0.1) is 0 Å². The highest BCUT2D eigenvalue weighted by Crippen LogP contribution is 2.16. The van der Waals surface area contributed by atoms with E-state index in [1.807, 2.05) is 0 Å². The first-order chi connectivity index (χ1) is 17.4. The van der Waals surface area contributed by atoms with Gasteiger partial charge in [0.1, 0.15) is 0 Å². The van der Waals surface area contributed by atoms with Crippen LogP contribution < -0.4 is 0 Å². The third kappa shape index (κ3) is 30.9. The molecule has 0 unspecified atom stereocenters. The molecular weight excluding hydrogens is 452 g/mol. The third-order valence-electron chi connectivity index (χ3n) is 6.81. The minimum Gasteiger partial charge on any atom is -0.469 e. The predicted molar refractivity (Wildman–Crippen MR) is 152 cm³/mol. The van der Waals surface area contributed by atoms with Crippen molar-refractivity contribution >= 4 is 11.9 Å². The molecule has 216 valence electrons. The van der Waals surface area contributed by atoms with E-state index in [4.69, 9.17) is 0 Å². The molecule has 0 amide bonds. The Bertz CT molecular complexity index is 424. The van der Waals surface area contributed by atoms with E-state index < -0.39 is 6.10 Å². The van der Waals surface area contributed by atoms with Gasteiger partial charge in [0, 0.05) is 6.42 Å². The Labute approximate surface area is 224 Å². The van der Waals surface area contributed by atoms with Crippen molar-refractivity contribution in [2.45, 2.75) is 168 Å². The summed E-state index contributed by atoms with van der Waals surface area (Å²) in [7, 11) is 2.82. The standard InChI is InChI=1S/C16H32O2.C15H30O3/c1-4-5-6-7-8-9-10-11-12-13-15(2)14-16(17)18-3;1-3-4-5-6-7-8-9-10-11-12-14(16)13-15(17)18-2/h15H,4-14H2,1-3H3;14,16H,3-13H2,1-2H3/t15-;14-/m11/s1. The number of carbonyl (C=O) groups excluding carboxylic acids is 2. The molecule has 0 spiro atoms. The second-order valence-corrected chi connectivity index (χ2v) is 10.6. The summed E-state index contributed by atoms with van der Waals surface area (Å²) in [4.78, 5) is 22.0. The fraction of sp³-hybridized carbons (Fsp3) is 0.935. The van der Waals surface area contributed by atoms with Crippen molar-refractivity contribution in [1.82, 2.24) is 0 Å². The first-order valence-electron chi connectivity index (χ1n) is 15.2. The fourth-order valence-electron chi connectivity index (χ4n) is 4.34. The smallest absolute Gasteiger partial charge is 0.308 e. The van der Waals surface area contributed by atoms with Gasteiger partial charge in [-0.1, -0.05) is 143 Å². The number of rotatable bonds is 24. The second kappa shape index (κ2) is 30.1. The van der Waals surface area contributed by atoms with Crippen LogP contribution in [0.3, 0.4) is 0 Å². The molecule has 2 atom stereocenters. The van der Waals surface area contributed by atoms with Gasteiger partial charge in [-0.2, -0.15) is 0 Å². The van der Waals surface area contributed by atoms with Crippen LogP contribution in [-0.2, 0) is 19.1 Å². The maximum atomic E-state index is 11.1. The molecule has 5 heteroatoms. The number of ether oxygens (including phenoxy) is 2. The molecule has 0 aromatic heterocycles. The highest BCUT2D eigenvalue weighted by atomic mass is 16.5. The Hall–Kier alpha value is -1.10. The quantitative estimate of drug-likeness (QED) is 0.103. The maximum Gasteiger partial charge on any atom is 0.308 e. The topological polar surface area (TPSA) is 72.8 Å². The first kappa shape index (κ1) is 37.1. The number of hydrogen-bond acceptors (Lipinski definition) is 5. The van der Waals surface area contributed by atoms with Crippen LogP contribution in [0.15, 0.2) is 0 Å². The number of carbonyl (C=O) groups is 2. The molecule has 0 aromatic rings. The Morgan fingerprint density at radius 2 is 0.889 bits per heavy atom. The summed E-state index contributed by atoms with van der Waals surface area (Å²) in [6.07, 6.45) is 25.8. The molecule has 0 aliphatic carbocycles. The highest BCUT2D eigenvalue weighted by Gasteiger charge is 2.10. The summed E-state index contributed by atoms with van der Waals surface area (Å²) >= 11 is 0. The predicted octanol–water partition coefficient (Wildman–Crippen LogP) is 8.94. The van der Waals surface area contributed by atoms with E-state index in [1.165, 1.54) is 117 Å². The molecule has 36 heavy (non-hydrogen) atoms. The molecule has 1 N–H and O–H groups in total. The molecule has 0 rings (SSSR count). The third-order valence-corrected chi connectivity index (χ3v) is 6.81. The van der Waals surface area contributed by atoms with E-state index in [0.29, 0.717) is 18.8 Å². The van der Waals surface area contributed by atoms with E-state index in [2.05, 4.69) is 30.2 Å². The number of aliphatic hydroxyl groups is 1. The molecule has 5 nitrogen and oxygen atoms in total. The number of unbranched alkanes of at least 4 members (excludes halogenated alkanes) is 16. The van der Waals surface area contributed by atoms with Gasteiger partial charge in [-0.3, -0.25) is 9.59 Å². The monoisotopic (exact) mass is 514 g/mol. The first-order valence-corrected chi connectivity index (χ1v) is 15.2. The largest absolute Gasteiger partial charge is 0.469 e. The number of aliphatic hydroxyl groups excluding tert-OH is 1. The molecule has 0 aliphatic heterocycles. The van der Waals surface area contributed by atoms with Crippen LogP contribution in [0.4, 0.5) is 0 Å². The van der Waals surface area contributed by atoms with Gasteiger partial charge in [0.25, 0.3) is 0 Å². The van der Waals surface area contributed by atoms with Gasteiger partial charge in [-0.25, -0.2) is 0 Å². The Morgan fingerprint density at radius 3 is 1.28 bits per heavy atom. The molecule has 0 heterocycles. The van der Waals surface area contributed by atoms with Crippen LogP contribution in [0.2, 0.25) is 0 Å². The molecule has 0 aromatic carbocycles. The Balaban J connectivity index is 0. The van der Waals surface area contributed by atoms with Gasteiger partial charge >= 0.3 is 11.9 Å². The van der Waals surface area contributed by atoms with E-state index in [-0.39, 0.29) is 18.4 Å². The van der Waals surface area contributed by atoms with Gasteiger partial charge in [0.2, 0.25) is 0 Å². The fourth-order valence-corrected chi connectivity index (χ4v) is 4.34. The minimum absolute atomic E-state index is 0.0709. The van der Waals surface area contributed by atoms with Crippen molar-refractivity contribution in [3.05, 3.63) is 0 Å². The molecule has 0 fully saturated rings. The molecule has 0 saturated carbocycles. The SMILES string of the molecule is CCCCCCCCCCC[C@@H](C)CC(=O)OC.CCCCCCCCCCC[C@@H](O)CC(=O)OC. The van der Waals surface area contributed by atoms with Crippen molar-refractivity contribution in [1.29, 1.82) is 0 Å². The minimum atomic E-state index is -0.526. The van der Waals surface area contributed by atoms with Crippen molar-refractivity contribution in [2.75, 3.05) is 14.2 Å². The van der Waals surface area contributed by atoms with Crippen LogP contribution in [0.25, 0.3) is 0 Å². The summed E-state index contributed by atoms with van der Waals surface area (Å²) in [6, 6.07) is 0. The summed E-state index contributed by atoms with van der Waals surface area (Å²) in [5.74, 6) is 0.0823. The van der Waals surface area contributed by atoms with Gasteiger partial charge in [0.15, 0.2) is 0 Å². The van der Waals surface area contributed by atoms with E-state index in [9.17, 15) is 14.7 Å². The molecule has 0 saturated heterocycles. The average Bonchev–Trinajstić information content (AvgIpc) is 2.86. The zero-order valence-corrected chi connectivity index (χ0v) is 24.8. The Morgan fingerprint density at radius 1 is 0.556 bits per heavy atom. The van der Waals surface area contributed by atoms with E-state index >= 15 is 0 Å². The normalized spacial score (nSPS) is 12.4. The van der Waals surface area contributed by atoms with Crippen LogP contribution in [0.5, 0.6) is 0 Å². The maximum absolute atomic E-state index is 11.1. The molecule has 0 bridgehead atoms. The van der Waals surface area contributed by atoms with Crippen molar-refractivity contribution in [2.24, 2.45) is 5.92 Å². The lowest BCUT2D eigenvalue weighted by Gasteiger charge is -2.09. The van der Waals surface area contributed by atoms with Gasteiger partial charge in [0.05, 0.1) is 26.7 Å². The van der Waals surface area contributed by atoms with Crippen LogP contribution in [-0.4, -0.2) is 37.4 Å². The van der Waals surface area contributed by atoms with Gasteiger partial charge in [-0.05, 0) is 12.3 Å². The lowest BCUT2D eigenvalue weighted by molar-refractivity contribution is -0.143. The zero-order chi connectivity index (χ0) is 27.3. The molecule has 0 aliphatic rings. The van der Waals surface area contributed by atoms with Crippen molar-refractivity contribution < 1.29 is 24.2 Å². The average molecular weight is 515 g/mol. The van der Waals surface area contributed by atoms with Crippen molar-refractivity contribution in [3.63, 3.8) is 0 Å². The summed E-state index contributed by atoms with van der Waals surface area (Å²) < 4.78 is 9.19. The highest BCUT2D eigenvalue weighted by molar-refractivity contribution is 5.69. The summed E-state index contributed by atoms with van der Waals surface area (Å²) in [5.41, 5.74) is 0. The summed E-state index contributed by atoms with van der Waals surface area (Å²) in [5, 5.41) is 9.55. The lowest BCUT2D eigenvalue weighted by atomic mass is 9.99. The molecular formula is C31H62O5. The Kier molecular flexibility index (Phi) is 31.0. The van der Waals surface area contributed by atoms with E-state index in [0.717, 1.165) is 19.3 Å². The number of esters is 2. The van der Waals surface area contributed by atoms with Crippen LogP contribution >= 0.6 is 0 Å². The zero-order valence-electron chi connectivity index (χ0n) is 24.8. The van der Waals surface area contributed by atoms with Crippen LogP contribution in [0, 0.1) is 5.92 Å². The molecule has 0 radical (unpaired) electrons. The van der Waals surface area contributed by atoms with Crippen molar-refractivity contribution in [3.8, 4) is 0 Å². The van der Waals surface area contributed by atoms with E-state index in [1.54, 1.807) is 0 Å². The number of hydrogen-bond donors (Lipinski definition) is 1.